The van der Waals surface area contributed by atoms with Gasteiger partial charge in [-0.1, -0.05) is 82.2 Å². The van der Waals surface area contributed by atoms with Gasteiger partial charge in [-0.2, -0.15) is 0 Å². The van der Waals surface area contributed by atoms with E-state index in [1.54, 1.807) is 4.57 Å². The van der Waals surface area contributed by atoms with E-state index in [9.17, 15) is 9.59 Å². The molecule has 4 rings (SSSR count). The van der Waals surface area contributed by atoms with E-state index < -0.39 is 5.56 Å². The Hall–Kier alpha value is -3.54. The number of unbranched alkanes of at least 4 members (excludes halogenated alkanes) is 2. The van der Waals surface area contributed by atoms with Crippen molar-refractivity contribution in [2.24, 2.45) is 13.0 Å². The van der Waals surface area contributed by atoms with Gasteiger partial charge in [-0.05, 0) is 34.8 Å². The smallest absolute Gasteiger partial charge is 0.276 e. The minimum absolute atomic E-state index is 0.218. The molecule has 4 aromatic rings. The van der Waals surface area contributed by atoms with Crippen molar-refractivity contribution in [3.8, 4) is 0 Å². The maximum atomic E-state index is 13.0. The predicted octanol–water partition coefficient (Wildman–Crippen LogP) is 5.09. The number of aromatic nitrogens is 4. The van der Waals surface area contributed by atoms with E-state index in [0.29, 0.717) is 24.3 Å². The number of rotatable bonds is 8. The summed E-state index contributed by atoms with van der Waals surface area (Å²) < 4.78 is 2.72. The summed E-state index contributed by atoms with van der Waals surface area (Å²) in [6.07, 6.45) is 7.77. The second-order valence-corrected chi connectivity index (χ2v) is 9.24. The Balaban J connectivity index is 1.95. The Kier molecular flexibility index (Phi) is 7.06. The maximum absolute atomic E-state index is 13.0. The number of fused-ring (bicyclic) bond motifs is 2. The van der Waals surface area contributed by atoms with Gasteiger partial charge in [-0.3, -0.25) is 13.9 Å². The summed E-state index contributed by atoms with van der Waals surface area (Å²) in [5.41, 5.74) is 2.42. The molecule has 176 valence electrons. The zero-order valence-electron chi connectivity index (χ0n) is 20.4. The van der Waals surface area contributed by atoms with E-state index in [2.05, 4.69) is 37.3 Å². The fraction of sp³-hybridized carbons (Fsp3) is 0.357. The molecule has 0 saturated carbocycles. The molecule has 2 heterocycles. The van der Waals surface area contributed by atoms with Crippen LogP contribution < -0.4 is 11.2 Å². The lowest BCUT2D eigenvalue weighted by atomic mass is 10.00. The fourth-order valence-electron chi connectivity index (χ4n) is 4.26. The number of nitrogens with zero attached hydrogens (tertiary/aromatic N) is 4. The highest BCUT2D eigenvalue weighted by Crippen LogP contribution is 2.23. The lowest BCUT2D eigenvalue weighted by Gasteiger charge is -2.15. The van der Waals surface area contributed by atoms with Crippen LogP contribution in [0, 0.1) is 5.92 Å². The van der Waals surface area contributed by atoms with Gasteiger partial charge in [0.2, 0.25) is 0 Å². The standard InChI is InChI=1S/C28H32N4O2/c1-5-6-7-8-16-23-24(17-21-14-11-13-20-12-9-10-15-22(20)21)30-26-25(29-23)27(33)31(4)28(34)32(26)18-19(2)3/h8-16,19H,5-7,17-18H2,1-4H3/b16-8-. The normalized spacial score (nSPS) is 11.9. The Morgan fingerprint density at radius 2 is 1.79 bits per heavy atom. The van der Waals surface area contributed by atoms with E-state index in [1.165, 1.54) is 12.4 Å². The molecular formula is C28H32N4O2. The van der Waals surface area contributed by atoms with Crippen molar-refractivity contribution in [1.29, 1.82) is 0 Å². The van der Waals surface area contributed by atoms with Crippen LogP contribution >= 0.6 is 0 Å². The first-order valence-corrected chi connectivity index (χ1v) is 12.0. The lowest BCUT2D eigenvalue weighted by Crippen LogP contribution is -2.40. The second kappa shape index (κ2) is 10.2. The van der Waals surface area contributed by atoms with Crippen molar-refractivity contribution >= 4 is 28.0 Å². The number of hydrogen-bond acceptors (Lipinski definition) is 4. The first-order valence-electron chi connectivity index (χ1n) is 12.0. The molecule has 0 bridgehead atoms. The summed E-state index contributed by atoms with van der Waals surface area (Å²) in [5.74, 6) is 0.218. The molecule has 0 fully saturated rings. The largest absolute Gasteiger partial charge is 0.332 e. The molecule has 0 aliphatic rings. The predicted molar refractivity (Wildman–Crippen MR) is 139 cm³/mol. The van der Waals surface area contributed by atoms with E-state index in [0.717, 1.165) is 40.5 Å². The van der Waals surface area contributed by atoms with E-state index in [4.69, 9.17) is 9.97 Å². The number of allylic oxidation sites excluding steroid dienone is 1. The van der Waals surface area contributed by atoms with Crippen LogP contribution in [0.5, 0.6) is 0 Å². The summed E-state index contributed by atoms with van der Waals surface area (Å²) >= 11 is 0. The fourth-order valence-corrected chi connectivity index (χ4v) is 4.26. The molecule has 0 N–H and O–H groups in total. The van der Waals surface area contributed by atoms with Crippen molar-refractivity contribution in [1.82, 2.24) is 19.1 Å². The van der Waals surface area contributed by atoms with Gasteiger partial charge in [0.25, 0.3) is 5.56 Å². The van der Waals surface area contributed by atoms with Crippen molar-refractivity contribution < 1.29 is 0 Å². The topological polar surface area (TPSA) is 69.8 Å². The molecule has 2 aromatic heterocycles. The molecule has 0 saturated heterocycles. The van der Waals surface area contributed by atoms with Crippen LogP contribution in [0.25, 0.3) is 28.0 Å². The molecule has 34 heavy (non-hydrogen) atoms. The molecule has 6 nitrogen and oxygen atoms in total. The van der Waals surface area contributed by atoms with Crippen LogP contribution in [0.1, 0.15) is 57.0 Å². The van der Waals surface area contributed by atoms with Gasteiger partial charge in [-0.25, -0.2) is 14.8 Å². The lowest BCUT2D eigenvalue weighted by molar-refractivity contribution is 0.498. The Bertz CT molecular complexity index is 1470. The molecule has 0 radical (unpaired) electrons. The Morgan fingerprint density at radius 1 is 1.03 bits per heavy atom. The van der Waals surface area contributed by atoms with Crippen molar-refractivity contribution in [2.75, 3.05) is 0 Å². The van der Waals surface area contributed by atoms with Crippen molar-refractivity contribution in [3.63, 3.8) is 0 Å². The van der Waals surface area contributed by atoms with E-state index in [-0.39, 0.29) is 17.1 Å². The van der Waals surface area contributed by atoms with Crippen LogP contribution in [0.2, 0.25) is 0 Å². The van der Waals surface area contributed by atoms with Crippen LogP contribution in [0.3, 0.4) is 0 Å². The quantitative estimate of drug-likeness (QED) is 0.346. The molecule has 0 spiro atoms. The van der Waals surface area contributed by atoms with Gasteiger partial charge in [0.05, 0.1) is 11.4 Å². The third-order valence-electron chi connectivity index (χ3n) is 6.05. The highest BCUT2D eigenvalue weighted by molar-refractivity contribution is 5.86. The van der Waals surface area contributed by atoms with Crippen molar-refractivity contribution in [2.45, 2.75) is 53.0 Å². The summed E-state index contributed by atoms with van der Waals surface area (Å²) in [6.45, 7) is 6.71. The van der Waals surface area contributed by atoms with Crippen LogP contribution in [0.4, 0.5) is 0 Å². The highest BCUT2D eigenvalue weighted by Gasteiger charge is 2.18. The molecule has 0 aliphatic carbocycles. The maximum Gasteiger partial charge on any atom is 0.332 e. The average molecular weight is 457 g/mol. The summed E-state index contributed by atoms with van der Waals surface area (Å²) in [7, 11) is 1.50. The minimum Gasteiger partial charge on any atom is -0.276 e. The van der Waals surface area contributed by atoms with E-state index >= 15 is 0 Å². The Morgan fingerprint density at radius 3 is 2.56 bits per heavy atom. The van der Waals surface area contributed by atoms with Crippen LogP contribution in [-0.4, -0.2) is 19.1 Å². The summed E-state index contributed by atoms with van der Waals surface area (Å²) in [5, 5.41) is 2.33. The zero-order chi connectivity index (χ0) is 24.2. The van der Waals surface area contributed by atoms with Crippen LogP contribution in [0.15, 0.2) is 58.1 Å². The molecular weight excluding hydrogens is 424 g/mol. The molecule has 0 aliphatic heterocycles. The zero-order valence-corrected chi connectivity index (χ0v) is 20.4. The first-order chi connectivity index (χ1) is 16.4. The third kappa shape index (κ3) is 4.72. The van der Waals surface area contributed by atoms with Gasteiger partial charge >= 0.3 is 5.69 Å². The third-order valence-corrected chi connectivity index (χ3v) is 6.05. The molecule has 0 atom stereocenters. The van der Waals surface area contributed by atoms with Gasteiger partial charge in [-0.15, -0.1) is 0 Å². The first kappa shape index (κ1) is 23.6. The Labute approximate surface area is 199 Å². The summed E-state index contributed by atoms with van der Waals surface area (Å²) in [6, 6.07) is 14.5. The van der Waals surface area contributed by atoms with Gasteiger partial charge in [0.1, 0.15) is 0 Å². The molecule has 0 amide bonds. The van der Waals surface area contributed by atoms with E-state index in [1.807, 2.05) is 38.1 Å². The highest BCUT2D eigenvalue weighted by atomic mass is 16.2. The van der Waals surface area contributed by atoms with Crippen molar-refractivity contribution in [3.05, 3.63) is 86.3 Å². The second-order valence-electron chi connectivity index (χ2n) is 9.24. The van der Waals surface area contributed by atoms with Gasteiger partial charge in [0, 0.05) is 20.0 Å². The average Bonchev–Trinajstić information content (AvgIpc) is 2.83. The number of benzene rings is 2. The summed E-state index contributed by atoms with van der Waals surface area (Å²) in [4.78, 5) is 35.6. The molecule has 2 aromatic carbocycles. The SMILES string of the molecule is CCCC/C=C\c1nc2c(=O)n(C)c(=O)n(CC(C)C)c2nc1Cc1cccc2ccccc12. The molecule has 6 heteroatoms. The van der Waals surface area contributed by atoms with Crippen LogP contribution in [-0.2, 0) is 20.0 Å². The molecule has 0 unspecified atom stereocenters. The monoisotopic (exact) mass is 456 g/mol. The number of hydrogen-bond donors (Lipinski definition) is 0. The van der Waals surface area contributed by atoms with Gasteiger partial charge < -0.3 is 0 Å². The van der Waals surface area contributed by atoms with Gasteiger partial charge in [0.15, 0.2) is 11.2 Å². The minimum atomic E-state index is -0.410.